The Balaban J connectivity index is 2.57. The van der Waals surface area contributed by atoms with Gasteiger partial charge in [0.2, 0.25) is 5.95 Å². The van der Waals surface area contributed by atoms with Crippen molar-refractivity contribution in [2.24, 2.45) is 11.3 Å². The number of anilines is 2. The van der Waals surface area contributed by atoms with Gasteiger partial charge in [0.25, 0.3) is 0 Å². The van der Waals surface area contributed by atoms with Gasteiger partial charge in [0.15, 0.2) is 5.82 Å². The minimum atomic E-state index is -0.467. The highest BCUT2D eigenvalue weighted by Crippen LogP contribution is 2.22. The fourth-order valence-electron chi connectivity index (χ4n) is 1.55. The molecule has 0 aromatic carbocycles. The molecule has 0 aliphatic rings. The summed E-state index contributed by atoms with van der Waals surface area (Å²) >= 11 is 5.93. The Kier molecular flexibility index (Phi) is 5.13. The van der Waals surface area contributed by atoms with E-state index in [-0.39, 0.29) is 11.4 Å². The standard InChI is InChI=1S/C11H20ClN5O/c1-11(2,3)4-7(18)5-14-9-8(12)6-15-10(16-9)17-13/h6-7,18H,4-5,13H2,1-3H3,(H2,14,15,16,17). The maximum absolute atomic E-state index is 9.87. The highest BCUT2D eigenvalue weighted by atomic mass is 35.5. The quantitative estimate of drug-likeness (QED) is 0.481. The van der Waals surface area contributed by atoms with Crippen molar-refractivity contribution in [3.8, 4) is 0 Å². The van der Waals surface area contributed by atoms with Crippen LogP contribution in [0.4, 0.5) is 11.8 Å². The first-order valence-electron chi connectivity index (χ1n) is 5.73. The second-order valence-electron chi connectivity index (χ2n) is 5.33. The molecule has 6 nitrogen and oxygen atoms in total. The molecular weight excluding hydrogens is 254 g/mol. The molecule has 7 heteroatoms. The van der Waals surface area contributed by atoms with Crippen molar-refractivity contribution in [1.29, 1.82) is 0 Å². The van der Waals surface area contributed by atoms with Crippen LogP contribution in [0.5, 0.6) is 0 Å². The summed E-state index contributed by atoms with van der Waals surface area (Å²) < 4.78 is 0. The van der Waals surface area contributed by atoms with Crippen molar-refractivity contribution in [1.82, 2.24) is 9.97 Å². The summed E-state index contributed by atoms with van der Waals surface area (Å²) in [6, 6.07) is 0. The molecular formula is C11H20ClN5O. The van der Waals surface area contributed by atoms with Gasteiger partial charge in [0.05, 0.1) is 12.3 Å². The Morgan fingerprint density at radius 3 is 2.72 bits per heavy atom. The fourth-order valence-corrected chi connectivity index (χ4v) is 1.71. The topological polar surface area (TPSA) is 96.1 Å². The molecule has 0 aliphatic heterocycles. The summed E-state index contributed by atoms with van der Waals surface area (Å²) in [6.07, 6.45) is 1.66. The van der Waals surface area contributed by atoms with Crippen LogP contribution in [0, 0.1) is 5.41 Å². The first-order valence-corrected chi connectivity index (χ1v) is 6.11. The molecule has 1 aromatic heterocycles. The molecule has 102 valence electrons. The average molecular weight is 274 g/mol. The SMILES string of the molecule is CC(C)(C)CC(O)CNc1nc(NN)ncc1Cl. The van der Waals surface area contributed by atoms with Crippen LogP contribution in [0.1, 0.15) is 27.2 Å². The lowest BCUT2D eigenvalue weighted by Gasteiger charge is -2.22. The summed E-state index contributed by atoms with van der Waals surface area (Å²) in [5, 5.41) is 13.2. The lowest BCUT2D eigenvalue weighted by atomic mass is 9.89. The van der Waals surface area contributed by atoms with Crippen LogP contribution in [0.15, 0.2) is 6.20 Å². The second kappa shape index (κ2) is 6.17. The van der Waals surface area contributed by atoms with Gasteiger partial charge in [0.1, 0.15) is 5.02 Å². The molecule has 18 heavy (non-hydrogen) atoms. The molecule has 0 radical (unpaired) electrons. The third kappa shape index (κ3) is 5.03. The van der Waals surface area contributed by atoms with Crippen molar-refractivity contribution < 1.29 is 5.11 Å². The van der Waals surface area contributed by atoms with E-state index in [2.05, 4.69) is 41.5 Å². The Morgan fingerprint density at radius 2 is 2.17 bits per heavy atom. The number of nitrogen functional groups attached to an aromatic ring is 1. The van der Waals surface area contributed by atoms with Gasteiger partial charge in [-0.25, -0.2) is 10.8 Å². The fraction of sp³-hybridized carbons (Fsp3) is 0.636. The maximum atomic E-state index is 9.87. The van der Waals surface area contributed by atoms with Crippen molar-refractivity contribution in [2.45, 2.75) is 33.3 Å². The van der Waals surface area contributed by atoms with Gasteiger partial charge in [-0.2, -0.15) is 4.98 Å². The largest absolute Gasteiger partial charge is 0.391 e. The van der Waals surface area contributed by atoms with E-state index in [1.165, 1.54) is 6.20 Å². The third-order valence-corrected chi connectivity index (χ3v) is 2.50. The van der Waals surface area contributed by atoms with Crippen LogP contribution in [0.2, 0.25) is 5.02 Å². The van der Waals surface area contributed by atoms with Crippen molar-refractivity contribution in [3.63, 3.8) is 0 Å². The zero-order valence-corrected chi connectivity index (χ0v) is 11.6. The first kappa shape index (κ1) is 14.9. The number of aliphatic hydroxyl groups excluding tert-OH is 1. The van der Waals surface area contributed by atoms with Crippen LogP contribution in [0.3, 0.4) is 0 Å². The van der Waals surface area contributed by atoms with Crippen LogP contribution < -0.4 is 16.6 Å². The molecule has 0 fully saturated rings. The molecule has 0 bridgehead atoms. The Morgan fingerprint density at radius 1 is 1.50 bits per heavy atom. The van der Waals surface area contributed by atoms with E-state index in [1.807, 2.05) is 0 Å². The molecule has 0 spiro atoms. The van der Waals surface area contributed by atoms with E-state index in [0.29, 0.717) is 23.8 Å². The molecule has 1 unspecified atom stereocenters. The van der Waals surface area contributed by atoms with E-state index in [9.17, 15) is 5.11 Å². The molecule has 5 N–H and O–H groups in total. The van der Waals surface area contributed by atoms with Gasteiger partial charge in [0, 0.05) is 6.54 Å². The normalized spacial score (nSPS) is 13.2. The highest BCUT2D eigenvalue weighted by Gasteiger charge is 2.17. The van der Waals surface area contributed by atoms with Crippen molar-refractivity contribution >= 4 is 23.4 Å². The maximum Gasteiger partial charge on any atom is 0.239 e. The number of hydrazine groups is 1. The van der Waals surface area contributed by atoms with Gasteiger partial charge in [-0.05, 0) is 11.8 Å². The first-order chi connectivity index (χ1) is 8.31. The number of nitrogens with one attached hydrogen (secondary N) is 2. The molecule has 0 aliphatic carbocycles. The van der Waals surface area contributed by atoms with Crippen LogP contribution in [-0.2, 0) is 0 Å². The smallest absolute Gasteiger partial charge is 0.239 e. The van der Waals surface area contributed by atoms with Crippen molar-refractivity contribution in [2.75, 3.05) is 17.3 Å². The molecule has 1 atom stereocenters. The monoisotopic (exact) mass is 273 g/mol. The second-order valence-corrected chi connectivity index (χ2v) is 5.74. The lowest BCUT2D eigenvalue weighted by Crippen LogP contribution is -2.25. The number of hydrogen-bond donors (Lipinski definition) is 4. The average Bonchev–Trinajstić information content (AvgIpc) is 2.25. The summed E-state index contributed by atoms with van der Waals surface area (Å²) in [4.78, 5) is 7.92. The van der Waals surface area contributed by atoms with E-state index in [4.69, 9.17) is 17.4 Å². The zero-order valence-electron chi connectivity index (χ0n) is 10.9. The Labute approximate surface area is 112 Å². The zero-order chi connectivity index (χ0) is 13.8. The number of rotatable bonds is 5. The molecule has 0 saturated carbocycles. The van der Waals surface area contributed by atoms with Crippen LogP contribution >= 0.6 is 11.6 Å². The summed E-state index contributed by atoms with van der Waals surface area (Å²) in [5.41, 5.74) is 2.41. The highest BCUT2D eigenvalue weighted by molar-refractivity contribution is 6.32. The van der Waals surface area contributed by atoms with Gasteiger partial charge >= 0.3 is 0 Å². The molecule has 1 rings (SSSR count). The summed E-state index contributed by atoms with van der Waals surface area (Å²) in [5.74, 6) is 5.93. The summed E-state index contributed by atoms with van der Waals surface area (Å²) in [7, 11) is 0. The predicted octanol–water partition coefficient (Wildman–Crippen LogP) is 1.62. The molecule has 1 heterocycles. The van der Waals surface area contributed by atoms with Gasteiger partial charge < -0.3 is 10.4 Å². The van der Waals surface area contributed by atoms with E-state index >= 15 is 0 Å². The van der Waals surface area contributed by atoms with Crippen LogP contribution in [-0.4, -0.2) is 27.7 Å². The van der Waals surface area contributed by atoms with Gasteiger partial charge in [-0.3, -0.25) is 5.43 Å². The minimum Gasteiger partial charge on any atom is -0.391 e. The third-order valence-electron chi connectivity index (χ3n) is 2.23. The summed E-state index contributed by atoms with van der Waals surface area (Å²) in [6.45, 7) is 6.59. The van der Waals surface area contributed by atoms with Gasteiger partial charge in [-0.1, -0.05) is 32.4 Å². The minimum absolute atomic E-state index is 0.0700. The number of aliphatic hydroxyl groups is 1. The number of aromatic nitrogens is 2. The van der Waals surface area contributed by atoms with E-state index in [0.717, 1.165) is 0 Å². The molecule has 0 amide bonds. The number of nitrogens with zero attached hydrogens (tertiary/aromatic N) is 2. The van der Waals surface area contributed by atoms with E-state index < -0.39 is 6.10 Å². The number of hydrogen-bond acceptors (Lipinski definition) is 6. The van der Waals surface area contributed by atoms with Crippen LogP contribution in [0.25, 0.3) is 0 Å². The van der Waals surface area contributed by atoms with E-state index in [1.54, 1.807) is 0 Å². The Hall–Kier alpha value is -1.11. The molecule has 0 saturated heterocycles. The number of nitrogens with two attached hydrogens (primary N) is 1. The van der Waals surface area contributed by atoms with Crippen molar-refractivity contribution in [3.05, 3.63) is 11.2 Å². The Bertz CT molecular complexity index is 394. The van der Waals surface area contributed by atoms with Gasteiger partial charge in [-0.15, -0.1) is 0 Å². The lowest BCUT2D eigenvalue weighted by molar-refractivity contribution is 0.132. The predicted molar refractivity (Wildman–Crippen MR) is 73.4 cm³/mol. The molecule has 1 aromatic rings. The number of halogens is 1.